The van der Waals surface area contributed by atoms with Crippen LogP contribution in [0.4, 0.5) is 0 Å². The fourth-order valence-electron chi connectivity index (χ4n) is 2.88. The maximum atomic E-state index is 6.21. The van der Waals surface area contributed by atoms with E-state index in [-0.39, 0.29) is 22.3 Å². The zero-order chi connectivity index (χ0) is 30.0. The largest absolute Gasteiger partial charge is 0.414 e. The molecular weight excluding hydrogens is 536 g/mol. The second-order valence-electron chi connectivity index (χ2n) is 12.9. The first-order chi connectivity index (χ1) is 18.1. The van der Waals surface area contributed by atoms with Gasteiger partial charge in [0.1, 0.15) is 12.2 Å². The van der Waals surface area contributed by atoms with Crippen LogP contribution in [0.3, 0.4) is 0 Å². The molecule has 0 fully saturated rings. The van der Waals surface area contributed by atoms with Crippen LogP contribution in [0.2, 0.25) is 36.3 Å². The van der Waals surface area contributed by atoms with Gasteiger partial charge in [0.15, 0.2) is 16.6 Å². The van der Waals surface area contributed by atoms with Gasteiger partial charge in [-0.2, -0.15) is 0 Å². The number of hydrogen-bond acceptors (Lipinski definition) is 9. The number of ether oxygens (including phenoxy) is 7. The monoisotopic (exact) mass is 598 g/mol. The lowest BCUT2D eigenvalue weighted by molar-refractivity contribution is -0.0867. The van der Waals surface area contributed by atoms with Crippen molar-refractivity contribution in [3.8, 4) is 0 Å². The minimum absolute atomic E-state index is 0.0974. The summed E-state index contributed by atoms with van der Waals surface area (Å²) in [5, 5.41) is 0.358. The molecule has 0 heterocycles. The third-order valence-corrected chi connectivity index (χ3v) is 16.5. The van der Waals surface area contributed by atoms with Crippen molar-refractivity contribution in [1.82, 2.24) is 0 Å². The Balaban J connectivity index is 4.45. The van der Waals surface area contributed by atoms with Crippen LogP contribution in [-0.4, -0.2) is 122 Å². The van der Waals surface area contributed by atoms with Crippen LogP contribution in [0.1, 0.15) is 41.5 Å². The van der Waals surface area contributed by atoms with Crippen molar-refractivity contribution < 1.29 is 42.0 Å². The molecule has 11 heteroatoms. The SMILES string of the molecule is COCC(COC)OCCOCCOC(COCCO[Si](C)(C)C(C)(C)C)COCCO[Si](C)(C)C(C)(C)C. The summed E-state index contributed by atoms with van der Waals surface area (Å²) in [5.74, 6) is 0. The Labute approximate surface area is 242 Å². The highest BCUT2D eigenvalue weighted by Crippen LogP contribution is 2.37. The highest BCUT2D eigenvalue weighted by Gasteiger charge is 2.37. The van der Waals surface area contributed by atoms with E-state index in [0.29, 0.717) is 79.3 Å². The number of methoxy groups -OCH3 is 2. The van der Waals surface area contributed by atoms with Crippen LogP contribution in [0, 0.1) is 0 Å². The Morgan fingerprint density at radius 3 is 1.13 bits per heavy atom. The van der Waals surface area contributed by atoms with Gasteiger partial charge in [-0.1, -0.05) is 41.5 Å². The summed E-state index contributed by atoms with van der Waals surface area (Å²) in [6, 6.07) is 0. The minimum atomic E-state index is -1.78. The van der Waals surface area contributed by atoms with Gasteiger partial charge in [0, 0.05) is 14.2 Å². The highest BCUT2D eigenvalue weighted by molar-refractivity contribution is 6.74. The van der Waals surface area contributed by atoms with Crippen molar-refractivity contribution in [3.05, 3.63) is 0 Å². The second kappa shape index (κ2) is 20.1. The molecule has 236 valence electrons. The lowest BCUT2D eigenvalue weighted by atomic mass is 10.2. The number of hydrogen-bond donors (Lipinski definition) is 0. The smallest absolute Gasteiger partial charge is 0.192 e. The van der Waals surface area contributed by atoms with Gasteiger partial charge in [0.05, 0.1) is 79.3 Å². The minimum Gasteiger partial charge on any atom is -0.414 e. The van der Waals surface area contributed by atoms with Crippen LogP contribution in [0.15, 0.2) is 0 Å². The van der Waals surface area contributed by atoms with E-state index >= 15 is 0 Å². The molecule has 0 amide bonds. The van der Waals surface area contributed by atoms with Crippen LogP contribution in [-0.2, 0) is 42.0 Å². The maximum Gasteiger partial charge on any atom is 0.192 e. The standard InChI is InChI=1S/C28H62O9Si2/c1-27(2,3)38(9,10)36-19-15-32-23-26(24-33-16-20-37-39(11,12)28(4,5)6)35-18-14-31-13-17-34-25(21-29-7)22-30-8/h25-26H,13-24H2,1-12H3. The molecule has 0 unspecified atom stereocenters. The van der Waals surface area contributed by atoms with Gasteiger partial charge in [-0.25, -0.2) is 0 Å². The molecular formula is C28H62O9Si2. The summed E-state index contributed by atoms with van der Waals surface area (Å²) in [4.78, 5) is 0. The summed E-state index contributed by atoms with van der Waals surface area (Å²) in [6.45, 7) is 28.3. The summed E-state index contributed by atoms with van der Waals surface area (Å²) in [6.07, 6.45) is -0.293. The van der Waals surface area contributed by atoms with E-state index < -0.39 is 16.6 Å². The van der Waals surface area contributed by atoms with E-state index in [2.05, 4.69) is 67.7 Å². The van der Waals surface area contributed by atoms with Crippen molar-refractivity contribution in [3.63, 3.8) is 0 Å². The summed E-state index contributed by atoms with van der Waals surface area (Å²) in [5.41, 5.74) is 0. The highest BCUT2D eigenvalue weighted by atomic mass is 28.4. The molecule has 0 bridgehead atoms. The number of rotatable bonds is 24. The average molecular weight is 599 g/mol. The Bertz CT molecular complexity index is 551. The molecule has 0 saturated carbocycles. The molecule has 0 aliphatic rings. The molecule has 0 aliphatic carbocycles. The molecule has 0 aliphatic heterocycles. The van der Waals surface area contributed by atoms with Crippen molar-refractivity contribution in [2.75, 3.05) is 93.5 Å². The van der Waals surface area contributed by atoms with Crippen LogP contribution in [0.5, 0.6) is 0 Å². The predicted octanol–water partition coefficient (Wildman–Crippen LogP) is 5.14. The van der Waals surface area contributed by atoms with Gasteiger partial charge in [0.25, 0.3) is 0 Å². The first-order valence-corrected chi connectivity index (χ1v) is 20.1. The van der Waals surface area contributed by atoms with Gasteiger partial charge in [-0.05, 0) is 36.3 Å². The van der Waals surface area contributed by atoms with Gasteiger partial charge in [0.2, 0.25) is 0 Å². The fourth-order valence-corrected chi connectivity index (χ4v) is 4.94. The third-order valence-electron chi connectivity index (χ3n) is 7.47. The van der Waals surface area contributed by atoms with Crippen LogP contribution >= 0.6 is 0 Å². The molecule has 0 radical (unpaired) electrons. The quantitative estimate of drug-likeness (QED) is 0.111. The van der Waals surface area contributed by atoms with Crippen molar-refractivity contribution in [2.24, 2.45) is 0 Å². The van der Waals surface area contributed by atoms with E-state index in [0.717, 1.165) is 0 Å². The van der Waals surface area contributed by atoms with Crippen molar-refractivity contribution in [1.29, 1.82) is 0 Å². The Morgan fingerprint density at radius 2 is 0.795 bits per heavy atom. The molecule has 0 aromatic carbocycles. The second-order valence-corrected chi connectivity index (χ2v) is 22.5. The van der Waals surface area contributed by atoms with E-state index in [1.54, 1.807) is 14.2 Å². The first kappa shape index (κ1) is 39.1. The maximum absolute atomic E-state index is 6.21. The topological polar surface area (TPSA) is 83.1 Å². The third kappa shape index (κ3) is 18.3. The zero-order valence-electron chi connectivity index (χ0n) is 27.3. The molecule has 0 spiro atoms. The molecule has 39 heavy (non-hydrogen) atoms. The Hall–Kier alpha value is 0.0738. The fraction of sp³-hybridized carbons (Fsp3) is 1.00. The Morgan fingerprint density at radius 1 is 0.462 bits per heavy atom. The molecule has 9 nitrogen and oxygen atoms in total. The van der Waals surface area contributed by atoms with E-state index in [1.165, 1.54) is 0 Å². The van der Waals surface area contributed by atoms with E-state index in [9.17, 15) is 0 Å². The van der Waals surface area contributed by atoms with Crippen molar-refractivity contribution in [2.45, 2.75) is 90.0 Å². The van der Waals surface area contributed by atoms with Gasteiger partial charge >= 0.3 is 0 Å². The summed E-state index contributed by atoms with van der Waals surface area (Å²) < 4.78 is 51.9. The lowest BCUT2D eigenvalue weighted by Crippen LogP contribution is -2.42. The van der Waals surface area contributed by atoms with Crippen LogP contribution in [0.25, 0.3) is 0 Å². The molecule has 0 N–H and O–H groups in total. The molecule has 0 atom stereocenters. The summed E-state index contributed by atoms with van der Waals surface area (Å²) >= 11 is 0. The normalized spacial score (nSPS) is 13.7. The van der Waals surface area contributed by atoms with Crippen molar-refractivity contribution >= 4 is 16.6 Å². The molecule has 0 saturated heterocycles. The van der Waals surface area contributed by atoms with E-state index in [4.69, 9.17) is 42.0 Å². The van der Waals surface area contributed by atoms with E-state index in [1.807, 2.05) is 0 Å². The zero-order valence-corrected chi connectivity index (χ0v) is 29.3. The molecule has 0 rings (SSSR count). The van der Waals surface area contributed by atoms with Gasteiger partial charge < -0.3 is 42.0 Å². The van der Waals surface area contributed by atoms with Gasteiger partial charge in [-0.3, -0.25) is 0 Å². The predicted molar refractivity (Wildman–Crippen MR) is 162 cm³/mol. The molecule has 0 aromatic heterocycles. The first-order valence-electron chi connectivity index (χ1n) is 14.3. The lowest BCUT2D eigenvalue weighted by Gasteiger charge is -2.36. The Kier molecular flexibility index (Phi) is 20.1. The average Bonchev–Trinajstić information content (AvgIpc) is 2.81. The van der Waals surface area contributed by atoms with Crippen LogP contribution < -0.4 is 0 Å². The molecule has 0 aromatic rings. The van der Waals surface area contributed by atoms with Gasteiger partial charge in [-0.15, -0.1) is 0 Å². The summed E-state index contributed by atoms with van der Waals surface area (Å²) in [7, 11) is -0.274.